The van der Waals surface area contributed by atoms with Crippen molar-refractivity contribution in [3.8, 4) is 0 Å². The van der Waals surface area contributed by atoms with E-state index < -0.39 is 17.8 Å². The van der Waals surface area contributed by atoms with Crippen molar-refractivity contribution in [3.63, 3.8) is 0 Å². The molecule has 0 aliphatic carbocycles. The topological polar surface area (TPSA) is 58.9 Å². The number of hydrogen-bond acceptors (Lipinski definition) is 4. The second-order valence-corrected chi connectivity index (χ2v) is 3.23. The highest BCUT2D eigenvalue weighted by Crippen LogP contribution is 2.35. The van der Waals surface area contributed by atoms with Gasteiger partial charge in [0.25, 0.3) is 0 Å². The van der Waals surface area contributed by atoms with Crippen LogP contribution in [0, 0.1) is 5.41 Å². The van der Waals surface area contributed by atoms with Gasteiger partial charge in [-0.15, -0.1) is 0 Å². The summed E-state index contributed by atoms with van der Waals surface area (Å²) < 4.78 is 10.1. The third-order valence-corrected chi connectivity index (χ3v) is 2.67. The van der Waals surface area contributed by atoms with E-state index in [1.54, 1.807) is 0 Å². The van der Waals surface area contributed by atoms with Gasteiger partial charge >= 0.3 is 0 Å². The molecule has 0 aromatic heterocycles. The molecule has 1 aliphatic rings. The van der Waals surface area contributed by atoms with Crippen molar-refractivity contribution < 1.29 is 19.7 Å². The fraction of sp³-hybridized carbons (Fsp3) is 1.00. The minimum absolute atomic E-state index is 0.0650. The lowest BCUT2D eigenvalue weighted by Gasteiger charge is -2.27. The van der Waals surface area contributed by atoms with E-state index in [1.807, 2.05) is 6.92 Å². The van der Waals surface area contributed by atoms with Gasteiger partial charge in [-0.2, -0.15) is 0 Å². The molecule has 1 heterocycles. The molecule has 0 bridgehead atoms. The maximum Gasteiger partial charge on any atom is 0.183 e. The molecule has 1 fully saturated rings. The maximum atomic E-state index is 9.69. The molecule has 4 heteroatoms. The normalized spacial score (nSPS) is 42.0. The summed E-state index contributed by atoms with van der Waals surface area (Å²) in [6, 6.07) is 0. The van der Waals surface area contributed by atoms with Crippen molar-refractivity contribution >= 4 is 0 Å². The Balaban J connectivity index is 2.68. The van der Waals surface area contributed by atoms with Crippen molar-refractivity contribution in [3.05, 3.63) is 0 Å². The van der Waals surface area contributed by atoms with Crippen LogP contribution in [0.3, 0.4) is 0 Å². The molecule has 1 saturated heterocycles. The molecule has 3 atom stereocenters. The van der Waals surface area contributed by atoms with Crippen LogP contribution in [0.1, 0.15) is 13.3 Å². The zero-order valence-electron chi connectivity index (χ0n) is 7.49. The molecular formula is C8H16O4. The lowest BCUT2D eigenvalue weighted by atomic mass is 9.83. The summed E-state index contributed by atoms with van der Waals surface area (Å²) in [5.74, 6) is 0. The SMILES string of the molecule is CCC1(CO)COC(OC)C1O. The maximum absolute atomic E-state index is 9.69. The average Bonchev–Trinajstić information content (AvgIpc) is 2.43. The van der Waals surface area contributed by atoms with Crippen LogP contribution < -0.4 is 0 Å². The number of methoxy groups -OCH3 is 1. The lowest BCUT2D eigenvalue weighted by molar-refractivity contribution is -0.137. The molecule has 0 aromatic rings. The summed E-state index contributed by atoms with van der Waals surface area (Å²) in [4.78, 5) is 0. The second kappa shape index (κ2) is 3.70. The highest BCUT2D eigenvalue weighted by molar-refractivity contribution is 4.91. The van der Waals surface area contributed by atoms with Gasteiger partial charge < -0.3 is 19.7 Å². The van der Waals surface area contributed by atoms with Crippen molar-refractivity contribution in [1.29, 1.82) is 0 Å². The Morgan fingerprint density at radius 1 is 1.67 bits per heavy atom. The minimum atomic E-state index is -0.725. The Labute approximate surface area is 72.1 Å². The fourth-order valence-electron chi connectivity index (χ4n) is 1.47. The molecule has 3 unspecified atom stereocenters. The van der Waals surface area contributed by atoms with Crippen LogP contribution in [0.4, 0.5) is 0 Å². The van der Waals surface area contributed by atoms with E-state index >= 15 is 0 Å². The van der Waals surface area contributed by atoms with Crippen molar-refractivity contribution in [2.24, 2.45) is 5.41 Å². The molecule has 1 aliphatic heterocycles. The van der Waals surface area contributed by atoms with Crippen molar-refractivity contribution in [1.82, 2.24) is 0 Å². The number of aliphatic hydroxyl groups excluding tert-OH is 2. The molecular weight excluding hydrogens is 160 g/mol. The molecule has 0 saturated carbocycles. The van der Waals surface area contributed by atoms with Crippen molar-refractivity contribution in [2.75, 3.05) is 20.3 Å². The van der Waals surface area contributed by atoms with E-state index in [0.717, 1.165) is 0 Å². The number of rotatable bonds is 3. The number of hydrogen-bond donors (Lipinski definition) is 2. The summed E-state index contributed by atoms with van der Waals surface area (Å²) in [7, 11) is 1.48. The van der Waals surface area contributed by atoms with E-state index in [1.165, 1.54) is 7.11 Å². The van der Waals surface area contributed by atoms with E-state index in [-0.39, 0.29) is 6.61 Å². The van der Waals surface area contributed by atoms with Gasteiger partial charge in [0.15, 0.2) is 6.29 Å². The highest BCUT2D eigenvalue weighted by atomic mass is 16.7. The smallest absolute Gasteiger partial charge is 0.183 e. The Kier molecular flexibility index (Phi) is 3.06. The highest BCUT2D eigenvalue weighted by Gasteiger charge is 2.47. The zero-order valence-corrected chi connectivity index (χ0v) is 7.49. The van der Waals surface area contributed by atoms with Gasteiger partial charge in [0.2, 0.25) is 0 Å². The Morgan fingerprint density at radius 3 is 2.58 bits per heavy atom. The Bertz CT molecular complexity index is 144. The van der Waals surface area contributed by atoms with E-state index in [9.17, 15) is 5.11 Å². The van der Waals surface area contributed by atoms with Gasteiger partial charge in [-0.1, -0.05) is 6.92 Å². The zero-order chi connectivity index (χ0) is 9.19. The predicted molar refractivity (Wildman–Crippen MR) is 42.6 cm³/mol. The largest absolute Gasteiger partial charge is 0.396 e. The van der Waals surface area contributed by atoms with Gasteiger partial charge in [-0.25, -0.2) is 0 Å². The third-order valence-electron chi connectivity index (χ3n) is 2.67. The summed E-state index contributed by atoms with van der Waals surface area (Å²) in [5, 5.41) is 18.8. The van der Waals surface area contributed by atoms with Gasteiger partial charge in [0.1, 0.15) is 6.10 Å². The van der Waals surface area contributed by atoms with Crippen molar-refractivity contribution in [2.45, 2.75) is 25.7 Å². The van der Waals surface area contributed by atoms with Gasteiger partial charge in [-0.3, -0.25) is 0 Å². The van der Waals surface area contributed by atoms with Gasteiger partial charge in [-0.05, 0) is 6.42 Å². The van der Waals surface area contributed by atoms with Crippen LogP contribution in [0.15, 0.2) is 0 Å². The molecule has 0 aromatic carbocycles. The first-order valence-electron chi connectivity index (χ1n) is 4.13. The molecule has 1 rings (SSSR count). The van der Waals surface area contributed by atoms with Gasteiger partial charge in [0.05, 0.1) is 13.2 Å². The first kappa shape index (κ1) is 9.92. The predicted octanol–water partition coefficient (Wildman–Crippen LogP) is -0.261. The monoisotopic (exact) mass is 176 g/mol. The average molecular weight is 176 g/mol. The van der Waals surface area contributed by atoms with Crippen LogP contribution in [-0.2, 0) is 9.47 Å². The summed E-state index contributed by atoms with van der Waals surface area (Å²) in [5.41, 5.74) is -0.527. The molecule has 0 spiro atoms. The number of aliphatic hydroxyl groups is 2. The van der Waals surface area contributed by atoms with Crippen LogP contribution in [0.25, 0.3) is 0 Å². The third kappa shape index (κ3) is 1.35. The summed E-state index contributed by atoms with van der Waals surface area (Å²) in [6.07, 6.45) is -0.626. The summed E-state index contributed by atoms with van der Waals surface area (Å²) in [6.45, 7) is 2.21. The number of ether oxygens (including phenoxy) is 2. The fourth-order valence-corrected chi connectivity index (χ4v) is 1.47. The molecule has 12 heavy (non-hydrogen) atoms. The van der Waals surface area contributed by atoms with Crippen LogP contribution in [0.5, 0.6) is 0 Å². The molecule has 4 nitrogen and oxygen atoms in total. The summed E-state index contributed by atoms with van der Waals surface area (Å²) >= 11 is 0. The van der Waals surface area contributed by atoms with Gasteiger partial charge in [0, 0.05) is 12.5 Å². The first-order valence-corrected chi connectivity index (χ1v) is 4.13. The van der Waals surface area contributed by atoms with Crippen LogP contribution in [0.2, 0.25) is 0 Å². The molecule has 72 valence electrons. The Hall–Kier alpha value is -0.160. The Morgan fingerprint density at radius 2 is 2.33 bits per heavy atom. The second-order valence-electron chi connectivity index (χ2n) is 3.23. The lowest BCUT2D eigenvalue weighted by Crippen LogP contribution is -2.40. The molecule has 0 radical (unpaired) electrons. The van der Waals surface area contributed by atoms with Crippen LogP contribution >= 0.6 is 0 Å². The quantitative estimate of drug-likeness (QED) is 0.622. The van der Waals surface area contributed by atoms with E-state index in [0.29, 0.717) is 13.0 Å². The standard InChI is InChI=1S/C8H16O4/c1-3-8(4-9)5-12-7(11-2)6(8)10/h6-7,9-10H,3-5H2,1-2H3. The van der Waals surface area contributed by atoms with E-state index in [2.05, 4.69) is 0 Å². The first-order chi connectivity index (χ1) is 5.70. The molecule has 2 N–H and O–H groups in total. The molecule has 0 amide bonds. The van der Waals surface area contributed by atoms with Crippen LogP contribution in [-0.4, -0.2) is 42.9 Å². The van der Waals surface area contributed by atoms with E-state index in [4.69, 9.17) is 14.6 Å². The minimum Gasteiger partial charge on any atom is -0.396 e.